The fourth-order valence-corrected chi connectivity index (χ4v) is 3.04. The molecule has 0 radical (unpaired) electrons. The SMILES string of the molecule is CC(N)(C(=O)N1CCN(c2ccc(Cl)cn2)CC1)c1ccccc1. The molecule has 2 N–H and O–H groups in total. The number of nitrogens with two attached hydrogens (primary N) is 1. The number of amides is 1. The second-order valence-electron chi connectivity index (χ2n) is 6.18. The number of hydrogen-bond acceptors (Lipinski definition) is 4. The Kier molecular flexibility index (Phi) is 4.73. The van der Waals surface area contributed by atoms with Crippen LogP contribution in [0.5, 0.6) is 0 Å². The van der Waals surface area contributed by atoms with Crippen LogP contribution in [0.25, 0.3) is 0 Å². The maximum absolute atomic E-state index is 12.9. The predicted octanol–water partition coefficient (Wildman–Crippen LogP) is 2.26. The molecule has 1 aliphatic rings. The summed E-state index contributed by atoms with van der Waals surface area (Å²) in [5.74, 6) is 0.836. The molecule has 1 saturated heterocycles. The minimum atomic E-state index is -1.01. The van der Waals surface area contributed by atoms with Crippen LogP contribution in [-0.2, 0) is 10.3 Å². The van der Waals surface area contributed by atoms with Crippen LogP contribution in [0.2, 0.25) is 5.02 Å². The molecule has 1 aliphatic heterocycles. The van der Waals surface area contributed by atoms with Crippen LogP contribution in [0.3, 0.4) is 0 Å². The smallest absolute Gasteiger partial charge is 0.247 e. The monoisotopic (exact) mass is 344 g/mol. The Bertz CT molecular complexity index is 695. The van der Waals surface area contributed by atoms with Gasteiger partial charge in [-0.2, -0.15) is 0 Å². The van der Waals surface area contributed by atoms with E-state index in [1.807, 2.05) is 47.4 Å². The summed E-state index contributed by atoms with van der Waals surface area (Å²) in [6.07, 6.45) is 1.64. The van der Waals surface area contributed by atoms with E-state index in [4.69, 9.17) is 17.3 Å². The van der Waals surface area contributed by atoms with E-state index >= 15 is 0 Å². The van der Waals surface area contributed by atoms with Crippen molar-refractivity contribution >= 4 is 23.3 Å². The third kappa shape index (κ3) is 3.37. The first-order valence-corrected chi connectivity index (χ1v) is 8.36. The second kappa shape index (κ2) is 6.79. The fraction of sp³-hybridized carbons (Fsp3) is 0.333. The highest BCUT2D eigenvalue weighted by Crippen LogP contribution is 2.22. The number of nitrogens with zero attached hydrogens (tertiary/aromatic N) is 3. The van der Waals surface area contributed by atoms with Gasteiger partial charge in [0.1, 0.15) is 11.4 Å². The standard InChI is InChI=1S/C18H21ClN4O/c1-18(20,14-5-3-2-4-6-14)17(24)23-11-9-22(10-12-23)16-8-7-15(19)13-21-16/h2-8,13H,9-12,20H2,1H3. The molecular weight excluding hydrogens is 324 g/mol. The summed E-state index contributed by atoms with van der Waals surface area (Å²) >= 11 is 5.88. The van der Waals surface area contributed by atoms with Gasteiger partial charge in [-0.15, -0.1) is 0 Å². The Labute approximate surface area is 147 Å². The van der Waals surface area contributed by atoms with Crippen LogP contribution in [0, 0.1) is 0 Å². The van der Waals surface area contributed by atoms with Gasteiger partial charge in [0.15, 0.2) is 0 Å². The lowest BCUT2D eigenvalue weighted by molar-refractivity contribution is -0.137. The number of hydrogen-bond donors (Lipinski definition) is 1. The summed E-state index contributed by atoms with van der Waals surface area (Å²) in [5.41, 5.74) is 6.16. The summed E-state index contributed by atoms with van der Waals surface area (Å²) in [5, 5.41) is 0.620. The number of halogens is 1. The quantitative estimate of drug-likeness (QED) is 0.927. The van der Waals surface area contributed by atoms with Gasteiger partial charge in [-0.3, -0.25) is 4.79 Å². The fourth-order valence-electron chi connectivity index (χ4n) is 2.93. The average molecular weight is 345 g/mol. The molecule has 1 aromatic heterocycles. The Morgan fingerprint density at radius 2 is 1.79 bits per heavy atom. The summed E-state index contributed by atoms with van der Waals surface area (Å²) in [6, 6.07) is 13.2. The highest BCUT2D eigenvalue weighted by atomic mass is 35.5. The van der Waals surface area contributed by atoms with Crippen molar-refractivity contribution in [2.45, 2.75) is 12.5 Å². The summed E-state index contributed by atoms with van der Waals surface area (Å²) in [6.45, 7) is 4.49. The Hall–Kier alpha value is -2.11. The van der Waals surface area contributed by atoms with Gasteiger partial charge in [-0.1, -0.05) is 41.9 Å². The second-order valence-corrected chi connectivity index (χ2v) is 6.62. The van der Waals surface area contributed by atoms with Crippen molar-refractivity contribution < 1.29 is 4.79 Å². The zero-order valence-electron chi connectivity index (χ0n) is 13.7. The van der Waals surface area contributed by atoms with E-state index in [1.54, 1.807) is 13.1 Å². The maximum atomic E-state index is 12.9. The van der Waals surface area contributed by atoms with Gasteiger partial charge in [-0.25, -0.2) is 4.98 Å². The number of pyridine rings is 1. The molecule has 1 unspecified atom stereocenters. The van der Waals surface area contributed by atoms with Crippen molar-refractivity contribution in [3.8, 4) is 0 Å². The molecule has 1 amide bonds. The van der Waals surface area contributed by atoms with Gasteiger partial charge >= 0.3 is 0 Å². The molecule has 126 valence electrons. The third-order valence-corrected chi connectivity index (χ3v) is 4.64. The number of carbonyl (C=O) groups is 1. The molecular formula is C18H21ClN4O. The zero-order chi connectivity index (χ0) is 17.2. The first-order valence-electron chi connectivity index (χ1n) is 7.99. The molecule has 0 aliphatic carbocycles. The molecule has 0 bridgehead atoms. The van der Waals surface area contributed by atoms with Crippen molar-refractivity contribution in [1.29, 1.82) is 0 Å². The normalized spacial score (nSPS) is 17.5. The van der Waals surface area contributed by atoms with Gasteiger partial charge < -0.3 is 15.5 Å². The van der Waals surface area contributed by atoms with Crippen molar-refractivity contribution in [2.75, 3.05) is 31.1 Å². The Morgan fingerprint density at radius 1 is 1.12 bits per heavy atom. The molecule has 1 atom stereocenters. The van der Waals surface area contributed by atoms with Gasteiger partial charge in [0.05, 0.1) is 5.02 Å². The van der Waals surface area contributed by atoms with Crippen LogP contribution in [0.15, 0.2) is 48.7 Å². The van der Waals surface area contributed by atoms with E-state index in [-0.39, 0.29) is 5.91 Å². The number of anilines is 1. The Morgan fingerprint density at radius 3 is 2.38 bits per heavy atom. The number of rotatable bonds is 3. The van der Waals surface area contributed by atoms with Crippen molar-refractivity contribution in [3.05, 3.63) is 59.2 Å². The highest BCUT2D eigenvalue weighted by Gasteiger charge is 2.35. The van der Waals surface area contributed by atoms with E-state index < -0.39 is 5.54 Å². The molecule has 0 spiro atoms. The lowest BCUT2D eigenvalue weighted by atomic mass is 9.91. The topological polar surface area (TPSA) is 62.5 Å². The maximum Gasteiger partial charge on any atom is 0.247 e. The summed E-state index contributed by atoms with van der Waals surface area (Å²) in [4.78, 5) is 21.2. The minimum absolute atomic E-state index is 0.0441. The third-order valence-electron chi connectivity index (χ3n) is 4.42. The number of benzene rings is 1. The Balaban J connectivity index is 1.66. The van der Waals surface area contributed by atoms with E-state index in [2.05, 4.69) is 9.88 Å². The lowest BCUT2D eigenvalue weighted by Crippen LogP contribution is -2.56. The molecule has 2 aromatic rings. The highest BCUT2D eigenvalue weighted by molar-refractivity contribution is 6.30. The van der Waals surface area contributed by atoms with Gasteiger partial charge in [0.25, 0.3) is 0 Å². The van der Waals surface area contributed by atoms with E-state index in [0.29, 0.717) is 18.1 Å². The zero-order valence-corrected chi connectivity index (χ0v) is 14.4. The molecule has 0 saturated carbocycles. The molecule has 1 aromatic carbocycles. The molecule has 1 fully saturated rings. The molecule has 6 heteroatoms. The number of aromatic nitrogens is 1. The first-order chi connectivity index (χ1) is 11.5. The molecule has 3 rings (SSSR count). The van der Waals surface area contributed by atoms with Crippen LogP contribution < -0.4 is 10.6 Å². The average Bonchev–Trinajstić information content (AvgIpc) is 2.62. The molecule has 24 heavy (non-hydrogen) atoms. The first kappa shape index (κ1) is 16.7. The van der Waals surface area contributed by atoms with E-state index in [0.717, 1.165) is 24.5 Å². The minimum Gasteiger partial charge on any atom is -0.353 e. The van der Waals surface area contributed by atoms with Crippen LogP contribution in [-0.4, -0.2) is 42.0 Å². The van der Waals surface area contributed by atoms with Crippen LogP contribution in [0.4, 0.5) is 5.82 Å². The van der Waals surface area contributed by atoms with Crippen LogP contribution >= 0.6 is 11.6 Å². The van der Waals surface area contributed by atoms with Gasteiger partial charge in [-0.05, 0) is 24.6 Å². The van der Waals surface area contributed by atoms with Crippen molar-refractivity contribution in [2.24, 2.45) is 5.73 Å². The van der Waals surface area contributed by atoms with Crippen LogP contribution in [0.1, 0.15) is 12.5 Å². The lowest BCUT2D eigenvalue weighted by Gasteiger charge is -2.39. The van der Waals surface area contributed by atoms with Crippen molar-refractivity contribution in [3.63, 3.8) is 0 Å². The summed E-state index contributed by atoms with van der Waals surface area (Å²) in [7, 11) is 0. The van der Waals surface area contributed by atoms with Gasteiger partial charge in [0.2, 0.25) is 5.91 Å². The molecule has 5 nitrogen and oxygen atoms in total. The van der Waals surface area contributed by atoms with Gasteiger partial charge in [0, 0.05) is 32.4 Å². The largest absolute Gasteiger partial charge is 0.353 e. The van der Waals surface area contributed by atoms with E-state index in [9.17, 15) is 4.79 Å². The number of carbonyl (C=O) groups excluding carboxylic acids is 1. The molecule has 2 heterocycles. The predicted molar refractivity (Wildman–Crippen MR) is 96.0 cm³/mol. The number of piperazine rings is 1. The van der Waals surface area contributed by atoms with Crippen molar-refractivity contribution in [1.82, 2.24) is 9.88 Å². The summed E-state index contributed by atoms with van der Waals surface area (Å²) < 4.78 is 0. The van der Waals surface area contributed by atoms with E-state index in [1.165, 1.54) is 0 Å².